The minimum Gasteiger partial charge on any atom is -0.377 e. The molecule has 2 nitrogen and oxygen atoms in total. The summed E-state index contributed by atoms with van der Waals surface area (Å²) in [5.41, 5.74) is 1.37. The van der Waals surface area contributed by atoms with Crippen molar-refractivity contribution in [3.05, 3.63) is 21.4 Å². The van der Waals surface area contributed by atoms with Crippen LogP contribution in [0.1, 0.15) is 61.3 Å². The van der Waals surface area contributed by atoms with Gasteiger partial charge in [0, 0.05) is 22.9 Å². The predicted octanol–water partition coefficient (Wildman–Crippen LogP) is 4.65. The molecule has 0 saturated carbocycles. The van der Waals surface area contributed by atoms with Gasteiger partial charge in [-0.25, -0.2) is 0 Å². The summed E-state index contributed by atoms with van der Waals surface area (Å²) in [6, 6.07) is 2.30. The molecule has 0 aliphatic rings. The lowest BCUT2D eigenvalue weighted by Crippen LogP contribution is -2.12. The molecule has 1 aromatic rings. The van der Waals surface area contributed by atoms with Crippen molar-refractivity contribution in [1.82, 2.24) is 5.32 Å². The van der Waals surface area contributed by atoms with Crippen molar-refractivity contribution in [2.45, 2.75) is 66.0 Å². The molecular formula is C16H29NOS. The maximum Gasteiger partial charge on any atom is 0.0727 e. The van der Waals surface area contributed by atoms with Crippen LogP contribution in [0.15, 0.2) is 6.07 Å². The number of hydrogen-bond donors (Lipinski definition) is 1. The second-order valence-corrected chi connectivity index (χ2v) is 6.43. The largest absolute Gasteiger partial charge is 0.377 e. The second kappa shape index (κ2) is 10.4. The summed E-state index contributed by atoms with van der Waals surface area (Å²) in [6.45, 7) is 10.4. The van der Waals surface area contributed by atoms with Crippen molar-refractivity contribution in [2.24, 2.45) is 0 Å². The Morgan fingerprint density at radius 1 is 1.16 bits per heavy atom. The maximum atomic E-state index is 5.77. The Morgan fingerprint density at radius 2 is 2.00 bits per heavy atom. The van der Waals surface area contributed by atoms with E-state index in [9.17, 15) is 0 Å². The SMILES string of the molecule is CCCCCCOCc1cc(CNCCC)sc1C. The van der Waals surface area contributed by atoms with Crippen LogP contribution in [0.4, 0.5) is 0 Å². The van der Waals surface area contributed by atoms with Crippen LogP contribution in [0.25, 0.3) is 0 Å². The van der Waals surface area contributed by atoms with Crippen LogP contribution in [0, 0.1) is 6.92 Å². The summed E-state index contributed by atoms with van der Waals surface area (Å²) in [5, 5.41) is 3.45. The predicted molar refractivity (Wildman–Crippen MR) is 84.9 cm³/mol. The van der Waals surface area contributed by atoms with Crippen molar-refractivity contribution < 1.29 is 4.74 Å². The number of aryl methyl sites for hydroxylation is 1. The highest BCUT2D eigenvalue weighted by atomic mass is 32.1. The molecule has 0 radical (unpaired) electrons. The fourth-order valence-electron chi connectivity index (χ4n) is 2.02. The summed E-state index contributed by atoms with van der Waals surface area (Å²) < 4.78 is 5.77. The van der Waals surface area contributed by atoms with E-state index in [1.54, 1.807) is 0 Å². The van der Waals surface area contributed by atoms with Crippen LogP contribution in [0.5, 0.6) is 0 Å². The van der Waals surface area contributed by atoms with Gasteiger partial charge in [0.2, 0.25) is 0 Å². The summed E-state index contributed by atoms with van der Waals surface area (Å²) >= 11 is 1.89. The molecule has 0 spiro atoms. The fourth-order valence-corrected chi connectivity index (χ4v) is 3.04. The van der Waals surface area contributed by atoms with Gasteiger partial charge in [0.05, 0.1) is 6.61 Å². The van der Waals surface area contributed by atoms with Gasteiger partial charge in [-0.15, -0.1) is 11.3 Å². The molecule has 1 rings (SSSR count). The topological polar surface area (TPSA) is 21.3 Å². The average Bonchev–Trinajstić information content (AvgIpc) is 2.75. The van der Waals surface area contributed by atoms with Gasteiger partial charge in [0.15, 0.2) is 0 Å². The lowest BCUT2D eigenvalue weighted by Gasteiger charge is -2.03. The second-order valence-electron chi connectivity index (χ2n) is 5.08. The molecule has 0 aliphatic heterocycles. The minimum absolute atomic E-state index is 0.780. The zero-order valence-corrected chi connectivity index (χ0v) is 13.6. The summed E-state index contributed by atoms with van der Waals surface area (Å²) in [7, 11) is 0. The van der Waals surface area contributed by atoms with E-state index < -0.39 is 0 Å². The first kappa shape index (κ1) is 16.7. The maximum absolute atomic E-state index is 5.77. The Hall–Kier alpha value is -0.380. The summed E-state index contributed by atoms with van der Waals surface area (Å²) in [6.07, 6.45) is 6.30. The number of rotatable bonds is 11. The first-order valence-electron chi connectivity index (χ1n) is 7.64. The highest BCUT2D eigenvalue weighted by Crippen LogP contribution is 2.22. The minimum atomic E-state index is 0.780. The first-order valence-corrected chi connectivity index (χ1v) is 8.46. The van der Waals surface area contributed by atoms with Gasteiger partial charge in [-0.2, -0.15) is 0 Å². The first-order chi connectivity index (χ1) is 9.27. The Bertz CT molecular complexity index is 335. The number of hydrogen-bond acceptors (Lipinski definition) is 3. The van der Waals surface area contributed by atoms with Crippen LogP contribution in [-0.2, 0) is 17.9 Å². The molecule has 0 aromatic carbocycles. The third kappa shape index (κ3) is 7.09. The quantitative estimate of drug-likeness (QED) is 0.597. The van der Waals surface area contributed by atoms with Gasteiger partial charge in [-0.1, -0.05) is 33.1 Å². The third-order valence-corrected chi connectivity index (χ3v) is 4.29. The monoisotopic (exact) mass is 283 g/mol. The summed E-state index contributed by atoms with van der Waals surface area (Å²) in [5.74, 6) is 0. The Morgan fingerprint density at radius 3 is 2.74 bits per heavy atom. The van der Waals surface area contributed by atoms with Crippen LogP contribution in [0.3, 0.4) is 0 Å². The Balaban J connectivity index is 2.21. The van der Waals surface area contributed by atoms with Gasteiger partial charge in [-0.05, 0) is 37.9 Å². The summed E-state index contributed by atoms with van der Waals surface area (Å²) in [4.78, 5) is 2.83. The molecule has 0 atom stereocenters. The molecule has 0 saturated heterocycles. The van der Waals surface area contributed by atoms with Gasteiger partial charge in [-0.3, -0.25) is 0 Å². The standard InChI is InChI=1S/C16H29NOS/c1-4-6-7-8-10-18-13-15-11-16(19-14(15)3)12-17-9-5-2/h11,17H,4-10,12-13H2,1-3H3. The van der Waals surface area contributed by atoms with E-state index >= 15 is 0 Å². The molecule has 0 bridgehead atoms. The molecule has 0 unspecified atom stereocenters. The lowest BCUT2D eigenvalue weighted by molar-refractivity contribution is 0.116. The number of nitrogens with one attached hydrogen (secondary N) is 1. The zero-order chi connectivity index (χ0) is 13.9. The van der Waals surface area contributed by atoms with Crippen LogP contribution in [-0.4, -0.2) is 13.2 Å². The van der Waals surface area contributed by atoms with Crippen molar-refractivity contribution in [3.8, 4) is 0 Å². The molecule has 0 amide bonds. The Kier molecular flexibility index (Phi) is 9.14. The van der Waals surface area contributed by atoms with E-state index in [4.69, 9.17) is 4.74 Å². The van der Waals surface area contributed by atoms with Crippen LogP contribution in [0.2, 0.25) is 0 Å². The van der Waals surface area contributed by atoms with E-state index in [0.717, 1.165) is 26.3 Å². The van der Waals surface area contributed by atoms with E-state index in [0.29, 0.717) is 0 Å². The molecular weight excluding hydrogens is 254 g/mol. The molecule has 1 N–H and O–H groups in total. The van der Waals surface area contributed by atoms with E-state index in [1.165, 1.54) is 47.4 Å². The molecule has 1 aromatic heterocycles. The molecule has 19 heavy (non-hydrogen) atoms. The lowest BCUT2D eigenvalue weighted by atomic mass is 10.2. The van der Waals surface area contributed by atoms with Crippen LogP contribution < -0.4 is 5.32 Å². The van der Waals surface area contributed by atoms with Gasteiger partial charge in [0.1, 0.15) is 0 Å². The van der Waals surface area contributed by atoms with Crippen molar-refractivity contribution >= 4 is 11.3 Å². The number of ether oxygens (including phenoxy) is 1. The van der Waals surface area contributed by atoms with Crippen molar-refractivity contribution in [3.63, 3.8) is 0 Å². The van der Waals surface area contributed by atoms with Gasteiger partial charge in [0.25, 0.3) is 0 Å². The zero-order valence-electron chi connectivity index (χ0n) is 12.8. The van der Waals surface area contributed by atoms with E-state index in [2.05, 4.69) is 32.2 Å². The van der Waals surface area contributed by atoms with Crippen molar-refractivity contribution in [2.75, 3.05) is 13.2 Å². The fraction of sp³-hybridized carbons (Fsp3) is 0.750. The normalized spacial score (nSPS) is 11.1. The van der Waals surface area contributed by atoms with Crippen LogP contribution >= 0.6 is 11.3 Å². The highest BCUT2D eigenvalue weighted by Gasteiger charge is 2.05. The molecule has 0 aliphatic carbocycles. The third-order valence-electron chi connectivity index (χ3n) is 3.20. The number of thiophene rings is 1. The van der Waals surface area contributed by atoms with E-state index in [1.807, 2.05) is 11.3 Å². The van der Waals surface area contributed by atoms with Gasteiger partial charge < -0.3 is 10.1 Å². The Labute approximate surface area is 122 Å². The van der Waals surface area contributed by atoms with E-state index in [-0.39, 0.29) is 0 Å². The smallest absolute Gasteiger partial charge is 0.0727 e. The highest BCUT2D eigenvalue weighted by molar-refractivity contribution is 7.12. The molecule has 1 heterocycles. The van der Waals surface area contributed by atoms with Crippen molar-refractivity contribution in [1.29, 1.82) is 0 Å². The number of unbranched alkanes of at least 4 members (excludes halogenated alkanes) is 3. The molecule has 3 heteroatoms. The molecule has 0 fully saturated rings. The molecule has 110 valence electrons. The average molecular weight is 283 g/mol. The van der Waals surface area contributed by atoms with Gasteiger partial charge >= 0.3 is 0 Å².